The Kier molecular flexibility index (Phi) is 5.07. The Morgan fingerprint density at radius 2 is 2.24 bits per heavy atom. The number of hydrogen-bond acceptors (Lipinski definition) is 6. The number of anilines is 1. The highest BCUT2D eigenvalue weighted by atomic mass is 79.9. The predicted octanol–water partition coefficient (Wildman–Crippen LogP) is 2.65. The molecule has 0 radical (unpaired) electrons. The van der Waals surface area contributed by atoms with Crippen LogP contribution in [0.1, 0.15) is 35.2 Å². The number of benzene rings is 1. The molecule has 1 aromatic rings. The lowest BCUT2D eigenvalue weighted by molar-refractivity contribution is 0.00928. The van der Waals surface area contributed by atoms with Gasteiger partial charge in [-0.1, -0.05) is 6.07 Å². The fourth-order valence-corrected chi connectivity index (χ4v) is 4.58. The van der Waals surface area contributed by atoms with Crippen LogP contribution in [0.3, 0.4) is 0 Å². The fourth-order valence-electron chi connectivity index (χ4n) is 4.20. The third-order valence-corrected chi connectivity index (χ3v) is 6.10. The van der Waals surface area contributed by atoms with Crippen LogP contribution in [-0.4, -0.2) is 36.4 Å². The Balaban J connectivity index is 1.26. The van der Waals surface area contributed by atoms with Crippen molar-refractivity contribution in [2.75, 3.05) is 18.2 Å². The van der Waals surface area contributed by atoms with Crippen LogP contribution in [0, 0.1) is 0 Å². The average Bonchev–Trinajstić information content (AvgIpc) is 3.36. The van der Waals surface area contributed by atoms with Crippen molar-refractivity contribution in [2.45, 2.75) is 38.2 Å². The van der Waals surface area contributed by atoms with Crippen LogP contribution < -0.4 is 21.1 Å². The van der Waals surface area contributed by atoms with Crippen LogP contribution in [0.25, 0.3) is 0 Å². The molecular weight excluding hydrogens is 434 g/mol. The SMILES string of the molecule is O=C(NCC1=CN2C=C(Br)C=CC2N1)c1cccc2c1CNN2C1CCCCO1. The molecule has 4 aliphatic rings. The van der Waals surface area contributed by atoms with E-state index in [1.807, 2.05) is 30.6 Å². The highest BCUT2D eigenvalue weighted by Crippen LogP contribution is 2.32. The summed E-state index contributed by atoms with van der Waals surface area (Å²) in [5.41, 5.74) is 7.17. The molecule has 7 nitrogen and oxygen atoms in total. The smallest absolute Gasteiger partial charge is 0.252 e. The number of carbonyl (C=O) groups excluding carboxylic acids is 1. The van der Waals surface area contributed by atoms with Gasteiger partial charge in [-0.05, 0) is 59.5 Å². The zero-order chi connectivity index (χ0) is 19.8. The number of fused-ring (bicyclic) bond motifs is 2. The molecule has 5 rings (SSSR count). The van der Waals surface area contributed by atoms with Crippen LogP contribution >= 0.6 is 15.9 Å². The molecule has 1 amide bonds. The largest absolute Gasteiger partial charge is 0.362 e. The molecule has 0 bridgehead atoms. The number of nitrogens with zero attached hydrogens (tertiary/aromatic N) is 2. The van der Waals surface area contributed by atoms with Crippen LogP contribution in [0.5, 0.6) is 0 Å². The molecule has 1 saturated heterocycles. The molecular formula is C21H24BrN5O2. The van der Waals surface area contributed by atoms with E-state index in [0.717, 1.165) is 40.9 Å². The first kappa shape index (κ1) is 18.7. The monoisotopic (exact) mass is 457 g/mol. The molecule has 4 aliphatic heterocycles. The molecule has 4 heterocycles. The third kappa shape index (κ3) is 3.68. The van der Waals surface area contributed by atoms with Crippen molar-refractivity contribution in [1.29, 1.82) is 0 Å². The molecule has 0 saturated carbocycles. The quantitative estimate of drug-likeness (QED) is 0.645. The molecule has 1 fully saturated rings. The average molecular weight is 458 g/mol. The molecule has 29 heavy (non-hydrogen) atoms. The maximum absolute atomic E-state index is 12.9. The number of halogens is 1. The van der Waals surface area contributed by atoms with Crippen molar-refractivity contribution in [3.05, 3.63) is 64.1 Å². The second-order valence-electron chi connectivity index (χ2n) is 7.58. The van der Waals surface area contributed by atoms with E-state index >= 15 is 0 Å². The van der Waals surface area contributed by atoms with Gasteiger partial charge >= 0.3 is 0 Å². The summed E-state index contributed by atoms with van der Waals surface area (Å²) in [6.07, 6.45) is 11.6. The normalized spacial score (nSPS) is 25.1. The minimum atomic E-state index is -0.0603. The van der Waals surface area contributed by atoms with Gasteiger partial charge in [-0.2, -0.15) is 0 Å². The molecule has 0 aromatic heterocycles. The first-order valence-electron chi connectivity index (χ1n) is 10.0. The number of rotatable bonds is 4. The fraction of sp³-hybridized carbons (Fsp3) is 0.381. The number of nitrogens with one attached hydrogen (secondary N) is 3. The lowest BCUT2D eigenvalue weighted by Crippen LogP contribution is -2.44. The van der Waals surface area contributed by atoms with Crippen molar-refractivity contribution < 1.29 is 9.53 Å². The van der Waals surface area contributed by atoms with Crippen molar-refractivity contribution in [1.82, 2.24) is 21.0 Å². The Hall–Kier alpha value is -2.29. The molecule has 3 N–H and O–H groups in total. The number of hydrazine groups is 1. The summed E-state index contributed by atoms with van der Waals surface area (Å²) < 4.78 is 6.94. The van der Waals surface area contributed by atoms with Gasteiger partial charge < -0.3 is 20.3 Å². The summed E-state index contributed by atoms with van der Waals surface area (Å²) in [4.78, 5) is 15.0. The summed E-state index contributed by atoms with van der Waals surface area (Å²) in [5, 5.41) is 8.55. The standard InChI is InChI=1S/C21H24BrN5O2/c22-14-7-8-19-25-15(13-26(19)12-14)10-23-21(28)16-4-3-5-18-17(16)11-24-27(18)20-6-1-2-9-29-20/h3-5,7-8,12-13,19-20,24-25H,1-2,6,9-11H2,(H,23,28). The van der Waals surface area contributed by atoms with E-state index in [4.69, 9.17) is 4.74 Å². The topological polar surface area (TPSA) is 68.9 Å². The Morgan fingerprint density at radius 3 is 3.10 bits per heavy atom. The molecule has 8 heteroatoms. The minimum absolute atomic E-state index is 0.0361. The summed E-state index contributed by atoms with van der Waals surface area (Å²) in [6.45, 7) is 1.89. The second-order valence-corrected chi connectivity index (χ2v) is 8.49. The van der Waals surface area contributed by atoms with Gasteiger partial charge in [0.15, 0.2) is 0 Å². The number of ether oxygens (including phenoxy) is 1. The highest BCUT2D eigenvalue weighted by Gasteiger charge is 2.31. The summed E-state index contributed by atoms with van der Waals surface area (Å²) in [6, 6.07) is 5.89. The highest BCUT2D eigenvalue weighted by molar-refractivity contribution is 9.11. The first-order chi connectivity index (χ1) is 14.2. The Labute approximate surface area is 178 Å². The third-order valence-electron chi connectivity index (χ3n) is 5.63. The Bertz CT molecular complexity index is 906. The van der Waals surface area contributed by atoms with Crippen LogP contribution in [-0.2, 0) is 11.3 Å². The maximum Gasteiger partial charge on any atom is 0.252 e. The molecule has 1 aromatic carbocycles. The van der Waals surface area contributed by atoms with Crippen molar-refractivity contribution >= 4 is 27.5 Å². The van der Waals surface area contributed by atoms with Gasteiger partial charge in [-0.3, -0.25) is 9.80 Å². The summed E-state index contributed by atoms with van der Waals surface area (Å²) in [7, 11) is 0. The zero-order valence-corrected chi connectivity index (χ0v) is 17.6. The minimum Gasteiger partial charge on any atom is -0.362 e. The van der Waals surface area contributed by atoms with Gasteiger partial charge in [-0.25, -0.2) is 5.43 Å². The van der Waals surface area contributed by atoms with Gasteiger partial charge in [0, 0.05) is 46.9 Å². The van der Waals surface area contributed by atoms with Crippen molar-refractivity contribution in [3.63, 3.8) is 0 Å². The number of amides is 1. The molecule has 2 unspecified atom stereocenters. The van der Waals surface area contributed by atoms with E-state index in [-0.39, 0.29) is 18.3 Å². The van der Waals surface area contributed by atoms with Crippen molar-refractivity contribution in [3.8, 4) is 0 Å². The maximum atomic E-state index is 12.9. The van der Waals surface area contributed by atoms with Gasteiger partial charge in [-0.15, -0.1) is 0 Å². The van der Waals surface area contributed by atoms with Gasteiger partial charge in [0.1, 0.15) is 12.4 Å². The summed E-state index contributed by atoms with van der Waals surface area (Å²) in [5.74, 6) is -0.0603. The van der Waals surface area contributed by atoms with Gasteiger partial charge in [0.05, 0.1) is 12.2 Å². The van der Waals surface area contributed by atoms with Crippen molar-refractivity contribution in [2.24, 2.45) is 0 Å². The number of carbonyl (C=O) groups is 1. The van der Waals surface area contributed by atoms with Crippen LogP contribution in [0.4, 0.5) is 5.69 Å². The molecule has 2 atom stereocenters. The predicted molar refractivity (Wildman–Crippen MR) is 115 cm³/mol. The van der Waals surface area contributed by atoms with E-state index in [1.165, 1.54) is 6.42 Å². The van der Waals surface area contributed by atoms with E-state index in [9.17, 15) is 4.79 Å². The molecule has 152 valence electrons. The van der Waals surface area contributed by atoms with Gasteiger partial charge in [0.25, 0.3) is 5.91 Å². The lowest BCUT2D eigenvalue weighted by Gasteiger charge is -2.32. The lowest BCUT2D eigenvalue weighted by atomic mass is 10.0. The van der Waals surface area contributed by atoms with E-state index in [1.54, 1.807) is 0 Å². The van der Waals surface area contributed by atoms with E-state index in [0.29, 0.717) is 18.7 Å². The summed E-state index contributed by atoms with van der Waals surface area (Å²) >= 11 is 3.49. The number of allylic oxidation sites excluding steroid dienone is 2. The van der Waals surface area contributed by atoms with E-state index in [2.05, 4.69) is 54.0 Å². The zero-order valence-electron chi connectivity index (χ0n) is 16.0. The number of hydrogen-bond donors (Lipinski definition) is 3. The second kappa shape index (κ2) is 7.85. The van der Waals surface area contributed by atoms with E-state index < -0.39 is 0 Å². The first-order valence-corrected chi connectivity index (χ1v) is 10.8. The molecule has 0 aliphatic carbocycles. The molecule has 0 spiro atoms. The Morgan fingerprint density at radius 1 is 1.31 bits per heavy atom. The van der Waals surface area contributed by atoms with Crippen LogP contribution in [0.2, 0.25) is 0 Å². The van der Waals surface area contributed by atoms with Crippen LogP contribution in [0.15, 0.2) is 52.9 Å². The van der Waals surface area contributed by atoms with Gasteiger partial charge in [0.2, 0.25) is 0 Å².